The number of primary amides is 1. The lowest BCUT2D eigenvalue weighted by atomic mass is 10.0. The molecule has 0 radical (unpaired) electrons. The van der Waals surface area contributed by atoms with Gasteiger partial charge in [-0.1, -0.05) is 49.0 Å². The summed E-state index contributed by atoms with van der Waals surface area (Å²) in [4.78, 5) is 32.0. The summed E-state index contributed by atoms with van der Waals surface area (Å²) in [5.74, 6) is -0.979. The molecule has 0 spiro atoms. The van der Waals surface area contributed by atoms with E-state index in [-0.39, 0.29) is 12.1 Å². The van der Waals surface area contributed by atoms with Crippen molar-refractivity contribution in [3.63, 3.8) is 0 Å². The number of rotatable bonds is 8. The summed E-state index contributed by atoms with van der Waals surface area (Å²) >= 11 is 1.11. The average molecular weight is 479 g/mol. The third-order valence-corrected chi connectivity index (χ3v) is 6.92. The lowest BCUT2D eigenvalue weighted by Crippen LogP contribution is -2.34. The first-order chi connectivity index (χ1) is 16.4. The maximum absolute atomic E-state index is 12.3. The van der Waals surface area contributed by atoms with Crippen molar-refractivity contribution in [3.05, 3.63) is 52.6 Å². The number of pyridine rings is 1. The van der Waals surface area contributed by atoms with E-state index in [1.165, 1.54) is 0 Å². The smallest absolute Gasteiger partial charge is 0.317 e. The highest BCUT2D eigenvalue weighted by molar-refractivity contribution is 8.00. The third-order valence-electron chi connectivity index (χ3n) is 5.66. The highest BCUT2D eigenvalue weighted by Gasteiger charge is 2.28. The zero-order valence-corrected chi connectivity index (χ0v) is 19.7. The predicted octanol–water partition coefficient (Wildman–Crippen LogP) is 2.30. The standard InChI is InChI=1S/C24H26N6O3S/c1-2-17-18(13-25)23(30-10-6-9-29(11-12-30)15-20(31)32)28-24(19(17)14-26)34-21(22(27)33)16-7-4-3-5-8-16/h3-5,7-8,21H,2,6,9-12,15H2,1H3,(H2,27,33)(H,31,32). The zero-order valence-electron chi connectivity index (χ0n) is 18.9. The second-order valence-electron chi connectivity index (χ2n) is 7.87. The normalized spacial score (nSPS) is 15.1. The number of aliphatic carboxylic acids is 1. The van der Waals surface area contributed by atoms with E-state index < -0.39 is 17.1 Å². The molecule has 1 aliphatic heterocycles. The van der Waals surface area contributed by atoms with Crippen LogP contribution in [0.15, 0.2) is 35.4 Å². The molecule has 1 atom stereocenters. The van der Waals surface area contributed by atoms with Gasteiger partial charge in [-0.15, -0.1) is 0 Å². The number of nitrogens with zero attached hydrogens (tertiary/aromatic N) is 5. The molecule has 1 aromatic heterocycles. The SMILES string of the molecule is CCc1c(C#N)c(SC(C(N)=O)c2ccccc2)nc(N2CCCN(CC(=O)O)CC2)c1C#N. The molecule has 1 unspecified atom stereocenters. The number of anilines is 1. The van der Waals surface area contributed by atoms with Gasteiger partial charge in [0.25, 0.3) is 0 Å². The molecule has 3 rings (SSSR count). The molecule has 2 heterocycles. The molecule has 3 N–H and O–H groups in total. The van der Waals surface area contributed by atoms with Crippen LogP contribution >= 0.6 is 11.8 Å². The van der Waals surface area contributed by atoms with Gasteiger partial charge in [0.2, 0.25) is 5.91 Å². The molecule has 1 saturated heterocycles. The third kappa shape index (κ3) is 5.66. The van der Waals surface area contributed by atoms with E-state index in [1.807, 2.05) is 34.9 Å². The zero-order chi connectivity index (χ0) is 24.7. The fraction of sp³-hybridized carbons (Fsp3) is 0.375. The molecule has 34 heavy (non-hydrogen) atoms. The van der Waals surface area contributed by atoms with Gasteiger partial charge in [-0.3, -0.25) is 14.5 Å². The molecule has 1 aliphatic rings. The molecule has 10 heteroatoms. The summed E-state index contributed by atoms with van der Waals surface area (Å²) < 4.78 is 0. The number of carboxylic acids is 1. The van der Waals surface area contributed by atoms with Gasteiger partial charge in [-0.05, 0) is 24.0 Å². The quantitative estimate of drug-likeness (QED) is 0.545. The van der Waals surface area contributed by atoms with Crippen molar-refractivity contribution < 1.29 is 14.7 Å². The first-order valence-corrected chi connectivity index (χ1v) is 11.8. The number of aromatic nitrogens is 1. The molecule has 0 saturated carbocycles. The van der Waals surface area contributed by atoms with Crippen molar-refractivity contribution in [2.45, 2.75) is 30.0 Å². The van der Waals surface area contributed by atoms with Crippen LogP contribution in [-0.2, 0) is 16.0 Å². The van der Waals surface area contributed by atoms with Crippen LogP contribution in [0.1, 0.15) is 40.8 Å². The summed E-state index contributed by atoms with van der Waals surface area (Å²) in [7, 11) is 0. The van der Waals surface area contributed by atoms with Gasteiger partial charge < -0.3 is 15.7 Å². The Morgan fingerprint density at radius 1 is 1.15 bits per heavy atom. The number of benzene rings is 1. The number of hydrogen-bond acceptors (Lipinski definition) is 8. The fourth-order valence-corrected chi connectivity index (χ4v) is 5.12. The van der Waals surface area contributed by atoms with Crippen molar-refractivity contribution in [2.75, 3.05) is 37.6 Å². The molecule has 0 aliphatic carbocycles. The van der Waals surface area contributed by atoms with Crippen LogP contribution in [0.25, 0.3) is 0 Å². The molecule has 1 aromatic carbocycles. The van der Waals surface area contributed by atoms with Crippen molar-refractivity contribution in [1.82, 2.24) is 9.88 Å². The largest absolute Gasteiger partial charge is 0.480 e. The molecule has 2 aromatic rings. The van der Waals surface area contributed by atoms with Crippen LogP contribution in [0.3, 0.4) is 0 Å². The van der Waals surface area contributed by atoms with Crippen LogP contribution in [0, 0.1) is 22.7 Å². The average Bonchev–Trinajstić information content (AvgIpc) is 3.06. The number of carbonyl (C=O) groups excluding carboxylic acids is 1. The van der Waals surface area contributed by atoms with Crippen LogP contribution in [0.2, 0.25) is 0 Å². The topological polar surface area (TPSA) is 147 Å². The highest BCUT2D eigenvalue weighted by Crippen LogP contribution is 2.39. The first-order valence-electron chi connectivity index (χ1n) is 11.0. The Morgan fingerprint density at radius 3 is 2.44 bits per heavy atom. The minimum atomic E-state index is -0.881. The molecule has 1 fully saturated rings. The van der Waals surface area contributed by atoms with Crippen LogP contribution in [0.4, 0.5) is 5.82 Å². The first kappa shape index (κ1) is 25.0. The Morgan fingerprint density at radius 2 is 1.85 bits per heavy atom. The molecule has 176 valence electrons. The van der Waals surface area contributed by atoms with Gasteiger partial charge in [-0.25, -0.2) is 4.98 Å². The summed E-state index contributed by atoms with van der Waals surface area (Å²) in [5, 5.41) is 28.6. The Kier molecular flexibility index (Phi) is 8.47. The van der Waals surface area contributed by atoms with Crippen molar-refractivity contribution in [2.24, 2.45) is 5.73 Å². The van der Waals surface area contributed by atoms with E-state index in [9.17, 15) is 20.1 Å². The van der Waals surface area contributed by atoms with E-state index >= 15 is 0 Å². The van der Waals surface area contributed by atoms with Gasteiger partial charge >= 0.3 is 5.97 Å². The number of hydrogen-bond donors (Lipinski definition) is 2. The second kappa shape index (κ2) is 11.5. The summed E-state index contributed by atoms with van der Waals surface area (Å²) in [6.45, 7) is 4.05. The highest BCUT2D eigenvalue weighted by atomic mass is 32.2. The molecule has 1 amide bonds. The van der Waals surface area contributed by atoms with Gasteiger partial charge in [0.15, 0.2) is 0 Å². The maximum atomic E-state index is 12.3. The van der Waals surface area contributed by atoms with Crippen LogP contribution in [0.5, 0.6) is 0 Å². The fourth-order valence-electron chi connectivity index (χ4n) is 4.06. The Hall–Kier alpha value is -3.60. The number of carboxylic acid groups (broad SMARTS) is 1. The van der Waals surface area contributed by atoms with Gasteiger partial charge in [0.1, 0.15) is 28.2 Å². The number of amides is 1. The van der Waals surface area contributed by atoms with E-state index in [1.54, 1.807) is 12.1 Å². The number of nitrogens with two attached hydrogens (primary N) is 1. The van der Waals surface area contributed by atoms with Crippen molar-refractivity contribution >= 4 is 29.5 Å². The number of carbonyl (C=O) groups is 2. The molecule has 0 bridgehead atoms. The summed E-state index contributed by atoms with van der Waals surface area (Å²) in [6.07, 6.45) is 1.15. The van der Waals surface area contributed by atoms with E-state index in [0.717, 1.165) is 11.8 Å². The molecule has 9 nitrogen and oxygen atoms in total. The summed E-state index contributed by atoms with van der Waals surface area (Å²) in [6, 6.07) is 13.5. The van der Waals surface area contributed by atoms with Gasteiger partial charge in [-0.2, -0.15) is 10.5 Å². The van der Waals surface area contributed by atoms with E-state index in [2.05, 4.69) is 12.1 Å². The molecular weight excluding hydrogens is 452 g/mol. The maximum Gasteiger partial charge on any atom is 0.317 e. The second-order valence-corrected chi connectivity index (χ2v) is 8.96. The van der Waals surface area contributed by atoms with E-state index in [4.69, 9.17) is 15.8 Å². The minimum Gasteiger partial charge on any atom is -0.480 e. The van der Waals surface area contributed by atoms with Gasteiger partial charge in [0.05, 0.1) is 17.7 Å². The molecular formula is C24H26N6O3S. The van der Waals surface area contributed by atoms with Gasteiger partial charge in [0, 0.05) is 26.2 Å². The Labute approximate surface area is 202 Å². The monoisotopic (exact) mass is 478 g/mol. The van der Waals surface area contributed by atoms with Crippen LogP contribution in [-0.4, -0.2) is 59.6 Å². The van der Waals surface area contributed by atoms with Crippen molar-refractivity contribution in [1.29, 1.82) is 10.5 Å². The van der Waals surface area contributed by atoms with E-state index in [0.29, 0.717) is 66.6 Å². The summed E-state index contributed by atoms with van der Waals surface area (Å²) in [5.41, 5.74) is 7.60. The lowest BCUT2D eigenvalue weighted by Gasteiger charge is -2.26. The Bertz CT molecular complexity index is 1140. The van der Waals surface area contributed by atoms with Crippen LogP contribution < -0.4 is 10.6 Å². The number of thioether (sulfide) groups is 1. The Balaban J connectivity index is 2.05. The number of nitriles is 2. The predicted molar refractivity (Wildman–Crippen MR) is 128 cm³/mol. The lowest BCUT2D eigenvalue weighted by molar-refractivity contribution is -0.138. The van der Waals surface area contributed by atoms with Crippen molar-refractivity contribution in [3.8, 4) is 12.1 Å². The minimum absolute atomic E-state index is 0.0432.